The molecule has 2 atom stereocenters. The fraction of sp³-hybridized carbons (Fsp3) is 0.645. The Morgan fingerprint density at radius 3 is 2.40 bits per heavy atom. The SMILES string of the molecule is Cc1cccc([C@H]2CC[C@H](CNc3nc(C)nc(C(=O)N4CCC(N5CCC(N(C)S(C)(=O)=O)CC5)CC4)c3C)O2)c1. The molecule has 230 valence electrons. The first kappa shape index (κ1) is 30.8. The quantitative estimate of drug-likeness (QED) is 0.490. The predicted octanol–water partition coefficient (Wildman–Crippen LogP) is 3.69. The van der Waals surface area contributed by atoms with Crippen LogP contribution in [0.25, 0.3) is 0 Å². The van der Waals surface area contributed by atoms with Crippen LogP contribution in [0.15, 0.2) is 24.3 Å². The third-order valence-corrected chi connectivity index (χ3v) is 10.6. The molecule has 1 aromatic heterocycles. The lowest BCUT2D eigenvalue weighted by molar-refractivity contribution is 0.0521. The molecule has 0 aliphatic carbocycles. The van der Waals surface area contributed by atoms with E-state index < -0.39 is 10.0 Å². The second kappa shape index (κ2) is 13.0. The molecular weight excluding hydrogens is 552 g/mol. The van der Waals surface area contributed by atoms with Crippen molar-refractivity contribution >= 4 is 21.7 Å². The molecule has 2 aromatic rings. The number of sulfonamides is 1. The van der Waals surface area contributed by atoms with E-state index in [-0.39, 0.29) is 24.2 Å². The van der Waals surface area contributed by atoms with Gasteiger partial charge in [-0.3, -0.25) is 4.79 Å². The van der Waals surface area contributed by atoms with Crippen LogP contribution in [0.4, 0.5) is 5.82 Å². The van der Waals surface area contributed by atoms with Gasteiger partial charge >= 0.3 is 0 Å². The van der Waals surface area contributed by atoms with Crippen LogP contribution in [-0.2, 0) is 14.8 Å². The van der Waals surface area contributed by atoms with E-state index in [1.807, 2.05) is 18.7 Å². The van der Waals surface area contributed by atoms with Crippen LogP contribution in [0.3, 0.4) is 0 Å². The number of aromatic nitrogens is 2. The molecule has 0 unspecified atom stereocenters. The highest BCUT2D eigenvalue weighted by Gasteiger charge is 2.33. The highest BCUT2D eigenvalue weighted by atomic mass is 32.2. The number of carbonyl (C=O) groups excluding carboxylic acids is 1. The Bertz CT molecular complexity index is 1370. The summed E-state index contributed by atoms with van der Waals surface area (Å²) in [5.74, 6) is 1.24. The minimum atomic E-state index is -3.17. The molecule has 3 aliphatic heterocycles. The molecule has 4 heterocycles. The predicted molar refractivity (Wildman–Crippen MR) is 164 cm³/mol. The molecule has 3 fully saturated rings. The van der Waals surface area contributed by atoms with Crippen molar-refractivity contribution in [1.82, 2.24) is 24.1 Å². The third-order valence-electron chi connectivity index (χ3n) is 9.28. The minimum absolute atomic E-state index is 0.0374. The van der Waals surface area contributed by atoms with E-state index in [1.165, 1.54) is 21.7 Å². The van der Waals surface area contributed by atoms with E-state index >= 15 is 0 Å². The zero-order valence-electron chi connectivity index (χ0n) is 25.7. The summed E-state index contributed by atoms with van der Waals surface area (Å²) in [6, 6.07) is 9.00. The number of aryl methyl sites for hydroxylation is 2. The third kappa shape index (κ3) is 7.12. The number of hydrogen-bond donors (Lipinski definition) is 1. The maximum Gasteiger partial charge on any atom is 0.272 e. The van der Waals surface area contributed by atoms with Crippen LogP contribution >= 0.6 is 0 Å². The van der Waals surface area contributed by atoms with Crippen molar-refractivity contribution in [2.24, 2.45) is 0 Å². The molecule has 0 radical (unpaired) electrons. The fourth-order valence-electron chi connectivity index (χ4n) is 6.66. The van der Waals surface area contributed by atoms with Gasteiger partial charge in [0.15, 0.2) is 0 Å². The van der Waals surface area contributed by atoms with Crippen LogP contribution in [-0.4, -0.2) is 103 Å². The Kier molecular flexibility index (Phi) is 9.51. The van der Waals surface area contributed by atoms with Gasteiger partial charge in [0.2, 0.25) is 10.0 Å². The van der Waals surface area contributed by atoms with Gasteiger partial charge in [-0.1, -0.05) is 29.8 Å². The number of piperidine rings is 2. The highest BCUT2D eigenvalue weighted by Crippen LogP contribution is 2.33. The van der Waals surface area contributed by atoms with Crippen LogP contribution in [0.2, 0.25) is 0 Å². The smallest absolute Gasteiger partial charge is 0.272 e. The van der Waals surface area contributed by atoms with Gasteiger partial charge in [-0.25, -0.2) is 22.7 Å². The van der Waals surface area contributed by atoms with Crippen molar-refractivity contribution < 1.29 is 17.9 Å². The molecule has 1 N–H and O–H groups in total. The summed E-state index contributed by atoms with van der Waals surface area (Å²) >= 11 is 0. The van der Waals surface area contributed by atoms with Gasteiger partial charge in [0.25, 0.3) is 5.91 Å². The topological polar surface area (TPSA) is 108 Å². The van der Waals surface area contributed by atoms with Crippen molar-refractivity contribution in [3.63, 3.8) is 0 Å². The zero-order valence-corrected chi connectivity index (χ0v) is 26.5. The Morgan fingerprint density at radius 1 is 1.02 bits per heavy atom. The van der Waals surface area contributed by atoms with Gasteiger partial charge in [-0.15, -0.1) is 0 Å². The van der Waals surface area contributed by atoms with Crippen LogP contribution in [0.5, 0.6) is 0 Å². The fourth-order valence-corrected chi connectivity index (χ4v) is 7.41. The maximum absolute atomic E-state index is 13.6. The van der Waals surface area contributed by atoms with Crippen LogP contribution in [0.1, 0.15) is 77.6 Å². The normalized spacial score (nSPS) is 23.0. The molecule has 5 rings (SSSR count). The molecular formula is C31H46N6O4S. The largest absolute Gasteiger partial charge is 0.368 e. The number of likely N-dealkylation sites (tertiary alicyclic amines) is 2. The van der Waals surface area contributed by atoms with Gasteiger partial charge in [0.1, 0.15) is 17.3 Å². The molecule has 1 aromatic carbocycles. The number of nitrogens with one attached hydrogen (secondary N) is 1. The number of benzene rings is 1. The molecule has 3 aliphatic rings. The van der Waals surface area contributed by atoms with Gasteiger partial charge < -0.3 is 19.9 Å². The number of carbonyl (C=O) groups is 1. The second-order valence-corrected chi connectivity index (χ2v) is 14.3. The monoisotopic (exact) mass is 598 g/mol. The van der Waals surface area contributed by atoms with Crippen LogP contribution in [0, 0.1) is 20.8 Å². The van der Waals surface area contributed by atoms with Crippen molar-refractivity contribution in [3.05, 3.63) is 52.5 Å². The number of ether oxygens (including phenoxy) is 1. The van der Waals surface area contributed by atoms with Crippen LogP contribution < -0.4 is 5.32 Å². The lowest BCUT2D eigenvalue weighted by Crippen LogP contribution is -2.52. The summed E-state index contributed by atoms with van der Waals surface area (Å²) in [7, 11) is -1.49. The summed E-state index contributed by atoms with van der Waals surface area (Å²) in [5.41, 5.74) is 3.72. The lowest BCUT2D eigenvalue weighted by Gasteiger charge is -2.43. The molecule has 11 heteroatoms. The summed E-state index contributed by atoms with van der Waals surface area (Å²) in [4.78, 5) is 27.2. The van der Waals surface area contributed by atoms with Crippen molar-refractivity contribution in [3.8, 4) is 0 Å². The Labute approximate surface area is 250 Å². The van der Waals surface area contributed by atoms with Gasteiger partial charge in [-0.05, 0) is 77.9 Å². The molecule has 0 saturated carbocycles. The van der Waals surface area contributed by atoms with E-state index in [0.717, 1.165) is 57.2 Å². The van der Waals surface area contributed by atoms with Gasteiger partial charge in [-0.2, -0.15) is 0 Å². The minimum Gasteiger partial charge on any atom is -0.368 e. The maximum atomic E-state index is 13.6. The van der Waals surface area contributed by atoms with Gasteiger partial charge in [0, 0.05) is 44.3 Å². The number of nitrogens with zero attached hydrogens (tertiary/aromatic N) is 5. The molecule has 10 nitrogen and oxygen atoms in total. The summed E-state index contributed by atoms with van der Waals surface area (Å²) in [5, 5.41) is 3.45. The number of amides is 1. The summed E-state index contributed by atoms with van der Waals surface area (Å²) in [6.07, 6.45) is 6.95. The number of rotatable bonds is 8. The highest BCUT2D eigenvalue weighted by molar-refractivity contribution is 7.88. The standard InChI is InChI=1S/C31H46N6O4S/c1-21-7-6-8-24(19-21)28-10-9-27(41-28)20-32-30-22(2)29(33-23(3)34-30)31(38)37-17-13-26(14-18-37)36-15-11-25(12-16-36)35(4)42(5,39)40/h6-8,19,25-28H,9-18,20H2,1-5H3,(H,32,33,34)/t27-,28-/m1/s1. The first-order chi connectivity index (χ1) is 20.0. The molecule has 3 saturated heterocycles. The van der Waals surface area contributed by atoms with E-state index in [2.05, 4.69) is 51.4 Å². The first-order valence-electron chi connectivity index (χ1n) is 15.3. The Morgan fingerprint density at radius 2 is 1.74 bits per heavy atom. The van der Waals surface area contributed by atoms with E-state index in [0.29, 0.717) is 43.0 Å². The Balaban J connectivity index is 1.13. The molecule has 42 heavy (non-hydrogen) atoms. The average molecular weight is 599 g/mol. The lowest BCUT2D eigenvalue weighted by atomic mass is 9.97. The second-order valence-electron chi connectivity index (χ2n) is 12.3. The Hall–Kier alpha value is -2.60. The summed E-state index contributed by atoms with van der Waals surface area (Å²) in [6.45, 7) is 9.64. The van der Waals surface area contributed by atoms with Crippen molar-refractivity contribution in [2.45, 2.75) is 83.6 Å². The molecule has 0 spiro atoms. The van der Waals surface area contributed by atoms with E-state index in [4.69, 9.17) is 4.74 Å². The average Bonchev–Trinajstić information content (AvgIpc) is 3.45. The van der Waals surface area contributed by atoms with E-state index in [9.17, 15) is 13.2 Å². The zero-order chi connectivity index (χ0) is 30.0. The summed E-state index contributed by atoms with van der Waals surface area (Å²) < 4.78 is 31.7. The first-order valence-corrected chi connectivity index (χ1v) is 17.1. The number of hydrogen-bond acceptors (Lipinski definition) is 8. The van der Waals surface area contributed by atoms with E-state index in [1.54, 1.807) is 7.05 Å². The van der Waals surface area contributed by atoms with Crippen molar-refractivity contribution in [1.29, 1.82) is 0 Å². The molecule has 0 bridgehead atoms. The van der Waals surface area contributed by atoms with Gasteiger partial charge in [0.05, 0.1) is 18.5 Å². The number of anilines is 1. The molecule has 1 amide bonds. The van der Waals surface area contributed by atoms with Crippen molar-refractivity contribution in [2.75, 3.05) is 51.3 Å².